The van der Waals surface area contributed by atoms with Gasteiger partial charge in [-0.2, -0.15) is 0 Å². The van der Waals surface area contributed by atoms with Crippen molar-refractivity contribution in [2.75, 3.05) is 18.5 Å². The maximum atomic E-state index is 12.8. The third-order valence-electron chi connectivity index (χ3n) is 5.25. The molecular weight excluding hydrogens is 584 g/mol. The van der Waals surface area contributed by atoms with E-state index < -0.39 is 11.8 Å². The second-order valence-corrected chi connectivity index (χ2v) is 9.51. The standard InChI is InChI=1S/C28H29BrN4O5S/c1-2-37-22-11-9-21(10-12-22)30-25(34)14-15-26(35)32-33-28(39)31-27(36)23-18-20(29)8-13-24(23)38-17-16-19-6-4-3-5-7-19/h3-13,18H,2,14-17H2,1H3,(H,30,34)(H,32,35)(H2,31,33,36,39). The molecule has 0 radical (unpaired) electrons. The van der Waals surface area contributed by atoms with Crippen LogP contribution in [0.15, 0.2) is 77.3 Å². The van der Waals surface area contributed by atoms with E-state index in [0.29, 0.717) is 41.3 Å². The number of thiocarbonyl (C=S) groups is 1. The van der Waals surface area contributed by atoms with Crippen LogP contribution >= 0.6 is 28.1 Å². The molecule has 0 heterocycles. The number of halogens is 1. The Balaban J connectivity index is 1.41. The summed E-state index contributed by atoms with van der Waals surface area (Å²) in [5.74, 6) is -0.194. The molecule has 9 nitrogen and oxygen atoms in total. The molecule has 0 spiro atoms. The highest BCUT2D eigenvalue weighted by molar-refractivity contribution is 9.10. The topological polar surface area (TPSA) is 118 Å². The van der Waals surface area contributed by atoms with Crippen LogP contribution in [0.5, 0.6) is 11.5 Å². The first-order valence-electron chi connectivity index (χ1n) is 12.2. The molecule has 0 fully saturated rings. The third-order valence-corrected chi connectivity index (χ3v) is 5.95. The lowest BCUT2D eigenvalue weighted by molar-refractivity contribution is -0.124. The van der Waals surface area contributed by atoms with E-state index in [9.17, 15) is 14.4 Å². The van der Waals surface area contributed by atoms with Gasteiger partial charge in [-0.3, -0.25) is 30.6 Å². The summed E-state index contributed by atoms with van der Waals surface area (Å²) in [5.41, 5.74) is 6.85. The summed E-state index contributed by atoms with van der Waals surface area (Å²) in [6.45, 7) is 2.83. The molecular formula is C28H29BrN4O5S. The van der Waals surface area contributed by atoms with E-state index in [4.69, 9.17) is 21.7 Å². The van der Waals surface area contributed by atoms with Crippen LogP contribution in [0.1, 0.15) is 35.7 Å². The van der Waals surface area contributed by atoms with Crippen LogP contribution in [-0.4, -0.2) is 36.0 Å². The fourth-order valence-corrected chi connectivity index (χ4v) is 3.88. The van der Waals surface area contributed by atoms with E-state index in [-0.39, 0.29) is 29.4 Å². The molecule has 0 bridgehead atoms. The van der Waals surface area contributed by atoms with Crippen molar-refractivity contribution in [1.29, 1.82) is 0 Å². The molecule has 0 saturated heterocycles. The van der Waals surface area contributed by atoms with Gasteiger partial charge < -0.3 is 14.8 Å². The van der Waals surface area contributed by atoms with Crippen LogP contribution in [0.3, 0.4) is 0 Å². The van der Waals surface area contributed by atoms with Gasteiger partial charge in [-0.1, -0.05) is 46.3 Å². The summed E-state index contributed by atoms with van der Waals surface area (Å²) in [6.07, 6.45) is 0.557. The smallest absolute Gasteiger partial charge is 0.261 e. The van der Waals surface area contributed by atoms with Gasteiger partial charge in [-0.15, -0.1) is 0 Å². The Morgan fingerprint density at radius 3 is 2.31 bits per heavy atom. The van der Waals surface area contributed by atoms with Gasteiger partial charge >= 0.3 is 0 Å². The summed E-state index contributed by atoms with van der Waals surface area (Å²) < 4.78 is 11.9. The molecule has 4 N–H and O–H groups in total. The van der Waals surface area contributed by atoms with E-state index in [1.165, 1.54) is 0 Å². The van der Waals surface area contributed by atoms with Gasteiger partial charge in [-0.25, -0.2) is 0 Å². The summed E-state index contributed by atoms with van der Waals surface area (Å²) in [5, 5.41) is 5.12. The molecule has 0 aliphatic heterocycles. The predicted octanol–water partition coefficient (Wildman–Crippen LogP) is 4.52. The normalized spacial score (nSPS) is 10.2. The number of benzene rings is 3. The molecule has 39 heavy (non-hydrogen) atoms. The lowest BCUT2D eigenvalue weighted by Gasteiger charge is -2.14. The molecule has 0 saturated carbocycles. The van der Waals surface area contributed by atoms with Crippen molar-refractivity contribution in [2.24, 2.45) is 0 Å². The molecule has 3 amide bonds. The predicted molar refractivity (Wildman–Crippen MR) is 157 cm³/mol. The van der Waals surface area contributed by atoms with Crippen LogP contribution in [0.25, 0.3) is 0 Å². The number of ether oxygens (including phenoxy) is 2. The zero-order chi connectivity index (χ0) is 28.0. The van der Waals surface area contributed by atoms with Gasteiger partial charge in [0.05, 0.1) is 18.8 Å². The molecule has 3 aromatic carbocycles. The SMILES string of the molecule is CCOc1ccc(NC(=O)CCC(=O)NNC(=S)NC(=O)c2cc(Br)ccc2OCCc2ccccc2)cc1. The second-order valence-electron chi connectivity index (χ2n) is 8.19. The van der Waals surface area contributed by atoms with Gasteiger partial charge in [0.1, 0.15) is 11.5 Å². The van der Waals surface area contributed by atoms with E-state index >= 15 is 0 Å². The molecule has 0 aliphatic carbocycles. The Kier molecular flexibility index (Phi) is 11.7. The van der Waals surface area contributed by atoms with Crippen molar-refractivity contribution in [3.05, 3.63) is 88.4 Å². The molecule has 0 aromatic heterocycles. The summed E-state index contributed by atoms with van der Waals surface area (Å²) in [6, 6.07) is 21.9. The van der Waals surface area contributed by atoms with Crippen molar-refractivity contribution in [3.8, 4) is 11.5 Å². The van der Waals surface area contributed by atoms with Gasteiger partial charge in [0.2, 0.25) is 11.8 Å². The van der Waals surface area contributed by atoms with Gasteiger partial charge in [0, 0.05) is 29.4 Å². The van der Waals surface area contributed by atoms with Crippen LogP contribution in [0.2, 0.25) is 0 Å². The summed E-state index contributed by atoms with van der Waals surface area (Å²) in [7, 11) is 0. The molecule has 3 aromatic rings. The quantitative estimate of drug-likeness (QED) is 0.186. The van der Waals surface area contributed by atoms with Gasteiger partial charge in [0.15, 0.2) is 5.11 Å². The largest absolute Gasteiger partial charge is 0.494 e. The monoisotopic (exact) mass is 612 g/mol. The number of carbonyl (C=O) groups excluding carboxylic acids is 3. The highest BCUT2D eigenvalue weighted by Crippen LogP contribution is 2.23. The second kappa shape index (κ2) is 15.5. The maximum Gasteiger partial charge on any atom is 0.261 e. The van der Waals surface area contributed by atoms with Gasteiger partial charge in [0.25, 0.3) is 5.91 Å². The van der Waals surface area contributed by atoms with E-state index in [0.717, 1.165) is 5.56 Å². The Morgan fingerprint density at radius 1 is 0.872 bits per heavy atom. The Labute approximate surface area is 240 Å². The lowest BCUT2D eigenvalue weighted by atomic mass is 10.1. The number of anilines is 1. The number of hydrogen-bond acceptors (Lipinski definition) is 6. The molecule has 204 valence electrons. The van der Waals surface area contributed by atoms with Gasteiger partial charge in [-0.05, 0) is 67.2 Å². The minimum Gasteiger partial charge on any atom is -0.494 e. The van der Waals surface area contributed by atoms with Crippen molar-refractivity contribution >= 4 is 56.7 Å². The average molecular weight is 614 g/mol. The van der Waals surface area contributed by atoms with Crippen LogP contribution < -0.4 is 31.0 Å². The number of nitrogens with one attached hydrogen (secondary N) is 4. The van der Waals surface area contributed by atoms with Crippen molar-refractivity contribution < 1.29 is 23.9 Å². The first-order chi connectivity index (χ1) is 18.8. The fourth-order valence-electron chi connectivity index (χ4n) is 3.37. The van der Waals surface area contributed by atoms with Crippen molar-refractivity contribution in [1.82, 2.24) is 16.2 Å². The molecule has 3 rings (SSSR count). The maximum absolute atomic E-state index is 12.8. The molecule has 11 heteroatoms. The summed E-state index contributed by atoms with van der Waals surface area (Å²) in [4.78, 5) is 37.1. The van der Waals surface area contributed by atoms with Crippen LogP contribution in [-0.2, 0) is 16.0 Å². The van der Waals surface area contributed by atoms with Crippen molar-refractivity contribution in [2.45, 2.75) is 26.2 Å². The molecule has 0 atom stereocenters. The average Bonchev–Trinajstić information content (AvgIpc) is 2.93. The Morgan fingerprint density at radius 2 is 1.59 bits per heavy atom. The van der Waals surface area contributed by atoms with Crippen LogP contribution in [0.4, 0.5) is 5.69 Å². The Hall–Kier alpha value is -3.96. The number of hydrogen-bond donors (Lipinski definition) is 4. The van der Waals surface area contributed by atoms with E-state index in [1.54, 1.807) is 42.5 Å². The Bertz CT molecular complexity index is 1290. The zero-order valence-electron chi connectivity index (χ0n) is 21.3. The number of amides is 3. The number of hydrazine groups is 1. The number of carbonyl (C=O) groups is 3. The fraction of sp³-hybridized carbons (Fsp3) is 0.214. The van der Waals surface area contributed by atoms with E-state index in [2.05, 4.69) is 37.4 Å². The summed E-state index contributed by atoms with van der Waals surface area (Å²) >= 11 is 8.49. The lowest BCUT2D eigenvalue weighted by Crippen LogP contribution is -2.48. The van der Waals surface area contributed by atoms with Crippen LogP contribution in [0, 0.1) is 0 Å². The highest BCUT2D eigenvalue weighted by atomic mass is 79.9. The third kappa shape index (κ3) is 10.4. The minimum absolute atomic E-state index is 0.0401. The zero-order valence-corrected chi connectivity index (χ0v) is 23.7. The number of rotatable bonds is 11. The first-order valence-corrected chi connectivity index (χ1v) is 13.4. The molecule has 0 aliphatic rings. The first kappa shape index (κ1) is 29.6. The highest BCUT2D eigenvalue weighted by Gasteiger charge is 2.16. The molecule has 0 unspecified atom stereocenters. The van der Waals surface area contributed by atoms with E-state index in [1.807, 2.05) is 37.3 Å². The van der Waals surface area contributed by atoms with Crippen molar-refractivity contribution in [3.63, 3.8) is 0 Å². The minimum atomic E-state index is -0.507.